The van der Waals surface area contributed by atoms with Gasteiger partial charge in [-0.15, -0.1) is 0 Å². The number of aliphatic hydroxyl groups is 1. The van der Waals surface area contributed by atoms with E-state index in [1.54, 1.807) is 43.5 Å². The molecule has 2 atom stereocenters. The summed E-state index contributed by atoms with van der Waals surface area (Å²) in [7, 11) is 1.60. The Morgan fingerprint density at radius 2 is 1.74 bits per heavy atom. The first-order valence-electron chi connectivity index (χ1n) is 11.6. The Bertz CT molecular complexity index is 931. The van der Waals surface area contributed by atoms with E-state index in [4.69, 9.17) is 23.7 Å². The van der Waals surface area contributed by atoms with Crippen molar-refractivity contribution in [3.05, 3.63) is 48.0 Å². The number of nitrogens with one attached hydrogen (secondary N) is 1. The minimum Gasteiger partial charge on any atom is -0.497 e. The van der Waals surface area contributed by atoms with Gasteiger partial charge in [0, 0.05) is 19.6 Å². The van der Waals surface area contributed by atoms with E-state index < -0.39 is 12.1 Å². The number of ether oxygens (including phenoxy) is 5. The van der Waals surface area contributed by atoms with Gasteiger partial charge in [-0.2, -0.15) is 0 Å². The number of amides is 1. The van der Waals surface area contributed by atoms with Crippen molar-refractivity contribution >= 4 is 5.91 Å². The Morgan fingerprint density at radius 1 is 1.03 bits per heavy atom. The highest BCUT2D eigenvalue weighted by Crippen LogP contribution is 2.33. The second kappa shape index (κ2) is 11.9. The molecule has 1 amide bonds. The van der Waals surface area contributed by atoms with Gasteiger partial charge in [0.05, 0.1) is 39.4 Å². The van der Waals surface area contributed by atoms with E-state index in [-0.39, 0.29) is 18.9 Å². The van der Waals surface area contributed by atoms with E-state index in [0.717, 1.165) is 18.8 Å². The number of methoxy groups -OCH3 is 1. The summed E-state index contributed by atoms with van der Waals surface area (Å²) >= 11 is 0. The molecule has 1 saturated heterocycles. The van der Waals surface area contributed by atoms with Gasteiger partial charge in [-0.05, 0) is 42.0 Å². The Hall–Kier alpha value is -3.01. The summed E-state index contributed by atoms with van der Waals surface area (Å²) in [5, 5.41) is 14.2. The van der Waals surface area contributed by atoms with E-state index in [1.807, 2.05) is 6.07 Å². The molecule has 34 heavy (non-hydrogen) atoms. The summed E-state index contributed by atoms with van der Waals surface area (Å²) in [6, 6.07) is 12.1. The second-order valence-corrected chi connectivity index (χ2v) is 8.21. The minimum absolute atomic E-state index is 0.166. The average Bonchev–Trinajstić information content (AvgIpc) is 2.88. The highest BCUT2D eigenvalue weighted by molar-refractivity contribution is 5.76. The first-order valence-corrected chi connectivity index (χ1v) is 11.6. The molecule has 4 rings (SSSR count). The van der Waals surface area contributed by atoms with Crippen LogP contribution in [0.1, 0.15) is 18.1 Å². The Labute approximate surface area is 199 Å². The van der Waals surface area contributed by atoms with Crippen molar-refractivity contribution in [2.45, 2.75) is 18.6 Å². The van der Waals surface area contributed by atoms with Crippen molar-refractivity contribution < 1.29 is 33.6 Å². The van der Waals surface area contributed by atoms with Crippen LogP contribution in [-0.4, -0.2) is 81.7 Å². The highest BCUT2D eigenvalue weighted by atomic mass is 16.6. The third kappa shape index (κ3) is 6.53. The molecule has 0 radical (unpaired) electrons. The molecular formula is C25H32N2O7. The van der Waals surface area contributed by atoms with Crippen molar-refractivity contribution in [1.29, 1.82) is 0 Å². The van der Waals surface area contributed by atoms with Crippen LogP contribution in [0.5, 0.6) is 23.0 Å². The van der Waals surface area contributed by atoms with Crippen LogP contribution in [-0.2, 0) is 9.53 Å². The lowest BCUT2D eigenvalue weighted by Crippen LogP contribution is -2.50. The molecule has 0 aromatic heterocycles. The second-order valence-electron chi connectivity index (χ2n) is 8.21. The van der Waals surface area contributed by atoms with Crippen LogP contribution < -0.4 is 24.3 Å². The number of hydrogen-bond donors (Lipinski definition) is 2. The van der Waals surface area contributed by atoms with Crippen molar-refractivity contribution in [2.24, 2.45) is 0 Å². The van der Waals surface area contributed by atoms with Gasteiger partial charge in [0.1, 0.15) is 30.8 Å². The van der Waals surface area contributed by atoms with Crippen LogP contribution >= 0.6 is 0 Å². The lowest BCUT2D eigenvalue weighted by Gasteiger charge is -2.33. The monoisotopic (exact) mass is 472 g/mol. The van der Waals surface area contributed by atoms with Gasteiger partial charge >= 0.3 is 0 Å². The van der Waals surface area contributed by atoms with Crippen molar-refractivity contribution in [2.75, 3.05) is 59.8 Å². The van der Waals surface area contributed by atoms with E-state index in [0.29, 0.717) is 55.8 Å². The quantitative estimate of drug-likeness (QED) is 0.540. The fraction of sp³-hybridized carbons (Fsp3) is 0.480. The third-order valence-electron chi connectivity index (χ3n) is 5.85. The fourth-order valence-corrected chi connectivity index (χ4v) is 3.98. The number of nitrogens with zero attached hydrogens (tertiary/aromatic N) is 1. The molecule has 2 N–H and O–H groups in total. The topological polar surface area (TPSA) is 98.7 Å². The van der Waals surface area contributed by atoms with Gasteiger partial charge in [0.25, 0.3) is 0 Å². The summed E-state index contributed by atoms with van der Waals surface area (Å²) in [6.45, 7) is 4.47. The highest BCUT2D eigenvalue weighted by Gasteiger charge is 2.27. The zero-order valence-corrected chi connectivity index (χ0v) is 19.4. The first kappa shape index (κ1) is 24.1. The Morgan fingerprint density at radius 3 is 2.47 bits per heavy atom. The standard InChI is InChI=1S/C25H32N2O7/c1-30-19-3-5-20(6-4-19)32-11-8-24(28)26-21(17-27-9-12-31-13-10-27)25(29)18-2-7-22-23(16-18)34-15-14-33-22/h2-7,16,21,25,29H,8-15,17H2,1H3,(H,26,28). The lowest BCUT2D eigenvalue weighted by molar-refractivity contribution is -0.123. The zero-order chi connectivity index (χ0) is 23.8. The molecule has 2 aliphatic rings. The van der Waals surface area contributed by atoms with Gasteiger partial charge in [0.15, 0.2) is 11.5 Å². The van der Waals surface area contributed by atoms with Gasteiger partial charge in [-0.25, -0.2) is 0 Å². The number of carbonyl (C=O) groups is 1. The van der Waals surface area contributed by atoms with Crippen LogP contribution in [0.15, 0.2) is 42.5 Å². The van der Waals surface area contributed by atoms with E-state index in [2.05, 4.69) is 10.2 Å². The predicted molar refractivity (Wildman–Crippen MR) is 125 cm³/mol. The molecule has 2 aromatic carbocycles. The molecule has 9 nitrogen and oxygen atoms in total. The van der Waals surface area contributed by atoms with E-state index in [9.17, 15) is 9.90 Å². The molecule has 0 bridgehead atoms. The van der Waals surface area contributed by atoms with Crippen LogP contribution in [0, 0.1) is 0 Å². The van der Waals surface area contributed by atoms with Crippen LogP contribution in [0.4, 0.5) is 0 Å². The summed E-state index contributed by atoms with van der Waals surface area (Å²) in [6.07, 6.45) is -0.746. The SMILES string of the molecule is COc1ccc(OCCC(=O)NC(CN2CCOCC2)C(O)c2ccc3c(c2)OCCO3)cc1. The van der Waals surface area contributed by atoms with Gasteiger partial charge < -0.3 is 34.1 Å². The normalized spacial score (nSPS) is 17.5. The fourth-order valence-electron chi connectivity index (χ4n) is 3.98. The summed E-state index contributed by atoms with van der Waals surface area (Å²) in [5.74, 6) is 2.47. The average molecular weight is 473 g/mol. The summed E-state index contributed by atoms with van der Waals surface area (Å²) < 4.78 is 27.5. The molecule has 0 aliphatic carbocycles. The molecule has 0 saturated carbocycles. The number of benzene rings is 2. The molecule has 184 valence electrons. The minimum atomic E-state index is -0.912. The van der Waals surface area contributed by atoms with Crippen molar-refractivity contribution in [3.8, 4) is 23.0 Å². The maximum absolute atomic E-state index is 12.7. The molecule has 2 unspecified atom stereocenters. The first-order chi connectivity index (χ1) is 16.6. The number of hydrogen-bond acceptors (Lipinski definition) is 8. The van der Waals surface area contributed by atoms with Crippen LogP contribution in [0.25, 0.3) is 0 Å². The van der Waals surface area contributed by atoms with E-state index >= 15 is 0 Å². The number of fused-ring (bicyclic) bond motifs is 1. The Balaban J connectivity index is 1.37. The lowest BCUT2D eigenvalue weighted by atomic mass is 10.0. The van der Waals surface area contributed by atoms with Crippen molar-refractivity contribution in [1.82, 2.24) is 10.2 Å². The Kier molecular flexibility index (Phi) is 8.46. The zero-order valence-electron chi connectivity index (χ0n) is 19.4. The van der Waals surface area contributed by atoms with E-state index in [1.165, 1.54) is 0 Å². The molecule has 2 aliphatic heterocycles. The molecular weight excluding hydrogens is 440 g/mol. The maximum Gasteiger partial charge on any atom is 0.223 e. The maximum atomic E-state index is 12.7. The number of rotatable bonds is 10. The number of morpholine rings is 1. The van der Waals surface area contributed by atoms with Crippen LogP contribution in [0.3, 0.4) is 0 Å². The molecule has 1 fully saturated rings. The smallest absolute Gasteiger partial charge is 0.223 e. The molecule has 0 spiro atoms. The van der Waals surface area contributed by atoms with Crippen molar-refractivity contribution in [3.63, 3.8) is 0 Å². The largest absolute Gasteiger partial charge is 0.497 e. The molecule has 9 heteroatoms. The molecule has 2 heterocycles. The summed E-state index contributed by atoms with van der Waals surface area (Å²) in [4.78, 5) is 14.9. The van der Waals surface area contributed by atoms with Gasteiger partial charge in [-0.3, -0.25) is 9.69 Å². The van der Waals surface area contributed by atoms with Crippen LogP contribution in [0.2, 0.25) is 0 Å². The number of carbonyl (C=O) groups excluding carboxylic acids is 1. The summed E-state index contributed by atoms with van der Waals surface area (Å²) in [5.41, 5.74) is 0.664. The number of aliphatic hydroxyl groups excluding tert-OH is 1. The predicted octanol–water partition coefficient (Wildman–Crippen LogP) is 1.79. The molecule has 2 aromatic rings. The third-order valence-corrected chi connectivity index (χ3v) is 5.85. The van der Waals surface area contributed by atoms with Gasteiger partial charge in [0.2, 0.25) is 5.91 Å². The van der Waals surface area contributed by atoms with Gasteiger partial charge in [-0.1, -0.05) is 6.07 Å².